The molecule has 2 aromatic heterocycles. The Balaban J connectivity index is 1.48. The van der Waals surface area contributed by atoms with E-state index in [4.69, 9.17) is 4.98 Å². The van der Waals surface area contributed by atoms with Gasteiger partial charge in [0.1, 0.15) is 5.82 Å². The first-order valence-corrected chi connectivity index (χ1v) is 8.52. The van der Waals surface area contributed by atoms with Gasteiger partial charge in [0.25, 0.3) is 0 Å². The summed E-state index contributed by atoms with van der Waals surface area (Å²) >= 11 is 0. The topological polar surface area (TPSA) is 58.0 Å². The van der Waals surface area contributed by atoms with Crippen LogP contribution in [0.15, 0.2) is 24.5 Å². The monoisotopic (exact) mass is 310 g/mol. The second-order valence-corrected chi connectivity index (χ2v) is 6.24. The highest BCUT2D eigenvalue weighted by Gasteiger charge is 2.19. The predicted octanol–water partition coefficient (Wildman–Crippen LogP) is 1.86. The van der Waals surface area contributed by atoms with Crippen LogP contribution in [0.25, 0.3) is 0 Å². The summed E-state index contributed by atoms with van der Waals surface area (Å²) < 4.78 is 0. The highest BCUT2D eigenvalue weighted by atomic mass is 15.3. The molecule has 1 aliphatic carbocycles. The molecule has 0 radical (unpaired) electrons. The average Bonchev–Trinajstić information content (AvgIpc) is 2.88. The Kier molecular flexibility index (Phi) is 4.05. The van der Waals surface area contributed by atoms with Gasteiger partial charge in [-0.15, -0.1) is 5.10 Å². The number of anilines is 2. The van der Waals surface area contributed by atoms with Crippen molar-refractivity contribution in [1.29, 1.82) is 0 Å². The minimum Gasteiger partial charge on any atom is -0.353 e. The second kappa shape index (κ2) is 6.48. The highest BCUT2D eigenvalue weighted by molar-refractivity contribution is 5.42. The first-order valence-electron chi connectivity index (χ1n) is 8.52. The molecule has 1 saturated heterocycles. The molecule has 0 spiro atoms. The summed E-state index contributed by atoms with van der Waals surface area (Å²) in [4.78, 5) is 14.2. The third kappa shape index (κ3) is 3.11. The van der Waals surface area contributed by atoms with Crippen molar-refractivity contribution in [1.82, 2.24) is 20.2 Å². The third-order valence-corrected chi connectivity index (χ3v) is 4.70. The molecule has 120 valence electrons. The van der Waals surface area contributed by atoms with Crippen molar-refractivity contribution in [3.8, 4) is 0 Å². The molecule has 0 atom stereocenters. The number of nitrogens with zero attached hydrogens (tertiary/aromatic N) is 6. The molecule has 3 heterocycles. The molecule has 0 saturated carbocycles. The second-order valence-electron chi connectivity index (χ2n) is 6.24. The van der Waals surface area contributed by atoms with E-state index in [9.17, 15) is 0 Å². The number of rotatable bonds is 2. The molecule has 0 N–H and O–H groups in total. The van der Waals surface area contributed by atoms with Gasteiger partial charge in [0, 0.05) is 32.4 Å². The van der Waals surface area contributed by atoms with E-state index in [1.807, 2.05) is 18.3 Å². The summed E-state index contributed by atoms with van der Waals surface area (Å²) in [5, 5.41) is 8.22. The van der Waals surface area contributed by atoms with Crippen molar-refractivity contribution in [3.05, 3.63) is 35.9 Å². The number of aromatic nitrogens is 4. The fourth-order valence-electron chi connectivity index (χ4n) is 3.43. The van der Waals surface area contributed by atoms with Crippen LogP contribution >= 0.6 is 0 Å². The van der Waals surface area contributed by atoms with E-state index >= 15 is 0 Å². The fraction of sp³-hybridized carbons (Fsp3) is 0.529. The van der Waals surface area contributed by atoms with Gasteiger partial charge in [0.15, 0.2) is 5.82 Å². The summed E-state index contributed by atoms with van der Waals surface area (Å²) in [6.07, 6.45) is 9.43. The molecule has 0 bridgehead atoms. The lowest BCUT2D eigenvalue weighted by molar-refractivity contribution is 0.645. The van der Waals surface area contributed by atoms with Crippen molar-refractivity contribution in [3.63, 3.8) is 0 Å². The van der Waals surface area contributed by atoms with Gasteiger partial charge in [-0.25, -0.2) is 4.98 Å². The first kappa shape index (κ1) is 14.4. The summed E-state index contributed by atoms with van der Waals surface area (Å²) in [6.45, 7) is 3.92. The lowest BCUT2D eigenvalue weighted by Crippen LogP contribution is -2.32. The van der Waals surface area contributed by atoms with Crippen molar-refractivity contribution in [2.24, 2.45) is 0 Å². The van der Waals surface area contributed by atoms with Crippen molar-refractivity contribution in [2.75, 3.05) is 36.0 Å². The van der Waals surface area contributed by atoms with E-state index < -0.39 is 0 Å². The van der Waals surface area contributed by atoms with E-state index in [0.29, 0.717) is 0 Å². The molecule has 1 aliphatic heterocycles. The molecule has 0 aromatic carbocycles. The van der Waals surface area contributed by atoms with Crippen LogP contribution in [0.5, 0.6) is 0 Å². The van der Waals surface area contributed by atoms with Crippen LogP contribution in [0, 0.1) is 0 Å². The van der Waals surface area contributed by atoms with Gasteiger partial charge in [-0.05, 0) is 44.2 Å². The maximum absolute atomic E-state index is 4.89. The molecule has 23 heavy (non-hydrogen) atoms. The largest absolute Gasteiger partial charge is 0.353 e. The molecule has 6 heteroatoms. The van der Waals surface area contributed by atoms with E-state index in [-0.39, 0.29) is 0 Å². The SMILES string of the molecule is c1cnnc(N2CCCN(c3cnc4c(n3)CCCC4)CC2)c1. The van der Waals surface area contributed by atoms with Crippen LogP contribution in [0.2, 0.25) is 0 Å². The lowest BCUT2D eigenvalue weighted by Gasteiger charge is -2.24. The molecule has 0 amide bonds. The lowest BCUT2D eigenvalue weighted by atomic mass is 10.0. The highest BCUT2D eigenvalue weighted by Crippen LogP contribution is 2.22. The van der Waals surface area contributed by atoms with Gasteiger partial charge in [0.05, 0.1) is 17.6 Å². The van der Waals surface area contributed by atoms with Crippen molar-refractivity contribution < 1.29 is 0 Å². The van der Waals surface area contributed by atoms with Crippen LogP contribution in [-0.2, 0) is 12.8 Å². The van der Waals surface area contributed by atoms with Gasteiger partial charge in [-0.2, -0.15) is 5.10 Å². The van der Waals surface area contributed by atoms with Crippen molar-refractivity contribution >= 4 is 11.6 Å². The molecule has 1 fully saturated rings. The Bertz CT molecular complexity index is 659. The molecule has 2 aliphatic rings. The zero-order chi connectivity index (χ0) is 15.5. The number of hydrogen-bond donors (Lipinski definition) is 0. The molecule has 0 unspecified atom stereocenters. The van der Waals surface area contributed by atoms with Crippen LogP contribution in [-0.4, -0.2) is 46.3 Å². The minimum atomic E-state index is 0.942. The first-order chi connectivity index (χ1) is 11.4. The van der Waals surface area contributed by atoms with E-state index in [2.05, 4.69) is 25.0 Å². The summed E-state index contributed by atoms with van der Waals surface area (Å²) in [5.74, 6) is 2.00. The van der Waals surface area contributed by atoms with E-state index in [1.165, 1.54) is 24.2 Å². The number of aryl methyl sites for hydroxylation is 2. The minimum absolute atomic E-state index is 0.942. The summed E-state index contributed by atoms with van der Waals surface area (Å²) in [5.41, 5.74) is 2.42. The van der Waals surface area contributed by atoms with Gasteiger partial charge in [-0.3, -0.25) is 4.98 Å². The van der Waals surface area contributed by atoms with Crippen LogP contribution in [0.3, 0.4) is 0 Å². The zero-order valence-corrected chi connectivity index (χ0v) is 13.4. The fourth-order valence-corrected chi connectivity index (χ4v) is 3.43. The van der Waals surface area contributed by atoms with Crippen LogP contribution in [0.1, 0.15) is 30.7 Å². The molecule has 2 aromatic rings. The Morgan fingerprint density at radius 3 is 2.39 bits per heavy atom. The smallest absolute Gasteiger partial charge is 0.151 e. The van der Waals surface area contributed by atoms with Crippen LogP contribution in [0.4, 0.5) is 11.6 Å². The summed E-state index contributed by atoms with van der Waals surface area (Å²) in [7, 11) is 0. The Morgan fingerprint density at radius 1 is 0.826 bits per heavy atom. The summed E-state index contributed by atoms with van der Waals surface area (Å²) in [6, 6.07) is 3.97. The maximum atomic E-state index is 4.89. The van der Waals surface area contributed by atoms with Crippen LogP contribution < -0.4 is 9.80 Å². The Morgan fingerprint density at radius 2 is 1.61 bits per heavy atom. The quantitative estimate of drug-likeness (QED) is 0.844. The normalized spacial score (nSPS) is 18.4. The third-order valence-electron chi connectivity index (χ3n) is 4.70. The van der Waals surface area contributed by atoms with Gasteiger partial charge in [-0.1, -0.05) is 0 Å². The number of fused-ring (bicyclic) bond motifs is 1. The van der Waals surface area contributed by atoms with Gasteiger partial charge < -0.3 is 9.80 Å². The van der Waals surface area contributed by atoms with E-state index in [0.717, 1.165) is 57.1 Å². The molecule has 6 nitrogen and oxygen atoms in total. The van der Waals surface area contributed by atoms with Gasteiger partial charge >= 0.3 is 0 Å². The number of hydrogen-bond acceptors (Lipinski definition) is 6. The van der Waals surface area contributed by atoms with Crippen molar-refractivity contribution in [2.45, 2.75) is 32.1 Å². The predicted molar refractivity (Wildman–Crippen MR) is 89.7 cm³/mol. The Hall–Kier alpha value is -2.24. The average molecular weight is 310 g/mol. The zero-order valence-electron chi connectivity index (χ0n) is 13.4. The standard InChI is InChI=1S/C17H22N6/c1-2-6-15-14(5-1)18-13-17(20-15)23-10-4-9-22(11-12-23)16-7-3-8-19-21-16/h3,7-8,13H,1-2,4-6,9-12H2. The van der Waals surface area contributed by atoms with Gasteiger partial charge in [0.2, 0.25) is 0 Å². The molecule has 4 rings (SSSR count). The molecular weight excluding hydrogens is 288 g/mol. The molecular formula is C17H22N6. The van der Waals surface area contributed by atoms with E-state index in [1.54, 1.807) is 6.20 Å². The maximum Gasteiger partial charge on any atom is 0.151 e. The Labute approximate surface area is 136 Å².